The minimum Gasteiger partial charge on any atom is -0.481 e. The number of terminal acetylenes is 1. The standard InChI is InChI=1S/C38H56N4O6S/c1-10-12-13-18-48-42(34(44)19-26(5)11-2)33(25(3)4)22-29(20-27(6)43)36-41-32(24-49-36)35(45)40-31(23-38(7,8)37(46)47)21-28-14-16-30(39-9)17-15-28/h1,14-17,24-26,29,31,33,39H,11-13,18-23H2,2-9H3,(H,40,45)(H,46,47)/t26-,29+,31-,33+/m0/s1. The SMILES string of the molecule is C#CCCCON(C(=O)C[C@@H](C)CC)[C@H](C[C@@H](CC(C)=O)c1nc(C(=O)N[C@@H](Cc2ccc(NC)cc2)CC(C)(C)C(=O)O)cs1)C(C)C. The van der Waals surface area contributed by atoms with E-state index in [1.807, 2.05) is 59.0 Å². The molecule has 270 valence electrons. The Labute approximate surface area is 296 Å². The number of benzene rings is 1. The third-order valence-electron chi connectivity index (χ3n) is 8.79. The fourth-order valence-electron chi connectivity index (χ4n) is 5.58. The highest BCUT2D eigenvalue weighted by molar-refractivity contribution is 7.10. The maximum absolute atomic E-state index is 13.6. The molecule has 1 aromatic carbocycles. The molecule has 3 N–H and O–H groups in total. The van der Waals surface area contributed by atoms with Crippen molar-refractivity contribution in [1.82, 2.24) is 15.4 Å². The zero-order valence-corrected chi connectivity index (χ0v) is 31.3. The number of anilines is 1. The molecule has 2 amide bonds. The number of carboxylic acids is 1. The van der Waals surface area contributed by atoms with Gasteiger partial charge in [-0.15, -0.1) is 23.7 Å². The monoisotopic (exact) mass is 696 g/mol. The van der Waals surface area contributed by atoms with E-state index in [4.69, 9.17) is 16.2 Å². The maximum Gasteiger partial charge on any atom is 0.309 e. The summed E-state index contributed by atoms with van der Waals surface area (Å²) < 4.78 is 0. The van der Waals surface area contributed by atoms with Crippen molar-refractivity contribution in [3.8, 4) is 12.3 Å². The highest BCUT2D eigenvalue weighted by Gasteiger charge is 2.34. The van der Waals surface area contributed by atoms with E-state index in [1.165, 1.54) is 23.3 Å². The van der Waals surface area contributed by atoms with Gasteiger partial charge < -0.3 is 20.5 Å². The van der Waals surface area contributed by atoms with Crippen LogP contribution in [0.5, 0.6) is 0 Å². The van der Waals surface area contributed by atoms with Gasteiger partial charge in [0.2, 0.25) is 5.91 Å². The van der Waals surface area contributed by atoms with Crippen LogP contribution < -0.4 is 10.6 Å². The largest absolute Gasteiger partial charge is 0.481 e. The van der Waals surface area contributed by atoms with Crippen LogP contribution in [0.15, 0.2) is 29.6 Å². The molecule has 0 radical (unpaired) electrons. The van der Waals surface area contributed by atoms with Crippen LogP contribution in [-0.4, -0.2) is 64.5 Å². The van der Waals surface area contributed by atoms with Crippen molar-refractivity contribution in [2.45, 2.75) is 118 Å². The van der Waals surface area contributed by atoms with Crippen LogP contribution in [-0.2, 0) is 25.6 Å². The molecule has 0 saturated carbocycles. The average Bonchev–Trinajstić information content (AvgIpc) is 3.54. The number of hydrogen-bond donors (Lipinski definition) is 3. The molecule has 0 aliphatic heterocycles. The van der Waals surface area contributed by atoms with Crippen LogP contribution >= 0.6 is 11.3 Å². The average molecular weight is 697 g/mol. The van der Waals surface area contributed by atoms with Crippen molar-refractivity contribution in [3.63, 3.8) is 0 Å². The van der Waals surface area contributed by atoms with E-state index in [0.717, 1.165) is 17.7 Å². The summed E-state index contributed by atoms with van der Waals surface area (Å²) in [5.74, 6) is 0.952. The lowest BCUT2D eigenvalue weighted by molar-refractivity contribution is -0.208. The molecule has 0 aliphatic rings. The Morgan fingerprint density at radius 1 is 1.12 bits per heavy atom. The molecule has 0 fully saturated rings. The van der Waals surface area contributed by atoms with Crippen LogP contribution in [0.25, 0.3) is 0 Å². The normalized spacial score (nSPS) is 14.0. The number of ketones is 1. The fraction of sp³-hybridized carbons (Fsp3) is 0.605. The van der Waals surface area contributed by atoms with Crippen LogP contribution in [0.1, 0.15) is 120 Å². The molecule has 11 heteroatoms. The summed E-state index contributed by atoms with van der Waals surface area (Å²) >= 11 is 1.30. The summed E-state index contributed by atoms with van der Waals surface area (Å²) in [6.45, 7) is 13.2. The second-order valence-corrected chi connectivity index (χ2v) is 14.9. The zero-order chi connectivity index (χ0) is 36.7. The van der Waals surface area contributed by atoms with Crippen LogP contribution in [0.2, 0.25) is 0 Å². The van der Waals surface area contributed by atoms with E-state index >= 15 is 0 Å². The molecule has 4 atom stereocenters. The second-order valence-electron chi connectivity index (χ2n) is 14.0. The number of aliphatic carboxylic acids is 1. The second kappa shape index (κ2) is 20.1. The quantitative estimate of drug-likeness (QED) is 0.0673. The molecule has 0 unspecified atom stereocenters. The third-order valence-corrected chi connectivity index (χ3v) is 9.80. The van der Waals surface area contributed by atoms with E-state index in [2.05, 4.69) is 16.6 Å². The number of Topliss-reactive ketones (excluding diaryl/α,β-unsaturated/α-hetero) is 1. The fourth-order valence-corrected chi connectivity index (χ4v) is 6.49. The molecule has 0 bridgehead atoms. The van der Waals surface area contributed by atoms with E-state index < -0.39 is 23.3 Å². The van der Waals surface area contributed by atoms with Crippen LogP contribution in [0.3, 0.4) is 0 Å². The minimum absolute atomic E-state index is 0.00577. The molecule has 10 nitrogen and oxygen atoms in total. The molecule has 1 heterocycles. The summed E-state index contributed by atoms with van der Waals surface area (Å²) in [6, 6.07) is 6.96. The van der Waals surface area contributed by atoms with Crippen molar-refractivity contribution in [1.29, 1.82) is 0 Å². The van der Waals surface area contributed by atoms with Gasteiger partial charge in [0.25, 0.3) is 5.91 Å². The molecule has 0 saturated heterocycles. The van der Waals surface area contributed by atoms with Crippen molar-refractivity contribution in [3.05, 3.63) is 45.9 Å². The Morgan fingerprint density at radius 3 is 2.35 bits per heavy atom. The van der Waals surface area contributed by atoms with Gasteiger partial charge in [-0.2, -0.15) is 0 Å². The van der Waals surface area contributed by atoms with Crippen molar-refractivity contribution >= 4 is 40.6 Å². The Kier molecular flexibility index (Phi) is 16.9. The lowest BCUT2D eigenvalue weighted by Gasteiger charge is -2.35. The van der Waals surface area contributed by atoms with Gasteiger partial charge in [-0.05, 0) is 76.0 Å². The van der Waals surface area contributed by atoms with E-state index in [0.29, 0.717) is 43.7 Å². The van der Waals surface area contributed by atoms with Crippen LogP contribution in [0.4, 0.5) is 5.69 Å². The number of unbranched alkanes of at least 4 members (excludes halogenated alkanes) is 1. The van der Waals surface area contributed by atoms with Gasteiger partial charge in [0, 0.05) is 49.3 Å². The van der Waals surface area contributed by atoms with E-state index in [1.54, 1.807) is 19.2 Å². The predicted molar refractivity (Wildman–Crippen MR) is 195 cm³/mol. The smallest absolute Gasteiger partial charge is 0.309 e. The highest BCUT2D eigenvalue weighted by atomic mass is 32.1. The molecule has 2 aromatic rings. The Bertz CT molecular complexity index is 1410. The molecular weight excluding hydrogens is 641 g/mol. The first-order valence-electron chi connectivity index (χ1n) is 17.3. The summed E-state index contributed by atoms with van der Waals surface area (Å²) in [5.41, 5.74) is 1.03. The van der Waals surface area contributed by atoms with E-state index in [9.17, 15) is 24.3 Å². The number of carbonyl (C=O) groups is 4. The number of nitrogens with one attached hydrogen (secondary N) is 2. The Morgan fingerprint density at radius 2 is 1.80 bits per heavy atom. The lowest BCUT2D eigenvalue weighted by Crippen LogP contribution is -2.45. The highest BCUT2D eigenvalue weighted by Crippen LogP contribution is 2.33. The predicted octanol–water partition coefficient (Wildman–Crippen LogP) is 7.11. The number of carbonyl (C=O) groups excluding carboxylic acids is 3. The van der Waals surface area contributed by atoms with Gasteiger partial charge in [0.1, 0.15) is 11.5 Å². The number of thiazole rings is 1. The Balaban J connectivity index is 2.36. The third kappa shape index (κ3) is 13.6. The lowest BCUT2D eigenvalue weighted by atomic mass is 9.84. The summed E-state index contributed by atoms with van der Waals surface area (Å²) in [6.07, 6.45) is 9.04. The first-order valence-corrected chi connectivity index (χ1v) is 18.1. The van der Waals surface area contributed by atoms with Gasteiger partial charge in [0.15, 0.2) is 0 Å². The summed E-state index contributed by atoms with van der Waals surface area (Å²) in [5, 5.41) is 19.7. The van der Waals surface area contributed by atoms with Gasteiger partial charge in [-0.25, -0.2) is 10.0 Å². The van der Waals surface area contributed by atoms with Gasteiger partial charge >= 0.3 is 5.97 Å². The molecule has 1 aromatic heterocycles. The molecule has 2 rings (SSSR count). The van der Waals surface area contributed by atoms with E-state index in [-0.39, 0.29) is 54.0 Å². The molecule has 49 heavy (non-hydrogen) atoms. The van der Waals surface area contributed by atoms with Gasteiger partial charge in [-0.1, -0.05) is 46.2 Å². The number of amides is 2. The Hall–Kier alpha value is -3.75. The molecule has 0 aliphatic carbocycles. The maximum atomic E-state index is 13.6. The van der Waals surface area contributed by atoms with Crippen molar-refractivity contribution in [2.75, 3.05) is 19.0 Å². The minimum atomic E-state index is -1.07. The van der Waals surface area contributed by atoms with Gasteiger partial charge in [0.05, 0.1) is 23.1 Å². The number of aromatic nitrogens is 1. The number of nitrogens with zero attached hydrogens (tertiary/aromatic N) is 2. The molecule has 0 spiro atoms. The molecular formula is C38H56N4O6S. The summed E-state index contributed by atoms with van der Waals surface area (Å²) in [7, 11) is 1.83. The number of rotatable bonds is 22. The number of hydrogen-bond acceptors (Lipinski definition) is 8. The number of hydroxylamine groups is 2. The first kappa shape index (κ1) is 41.4. The summed E-state index contributed by atoms with van der Waals surface area (Å²) in [4.78, 5) is 62.5. The number of carboxylic acid groups (broad SMARTS) is 1. The zero-order valence-electron chi connectivity index (χ0n) is 30.5. The topological polar surface area (TPSA) is 138 Å². The van der Waals surface area contributed by atoms with Crippen molar-refractivity contribution < 1.29 is 29.1 Å². The van der Waals surface area contributed by atoms with Crippen molar-refractivity contribution in [2.24, 2.45) is 17.3 Å². The first-order chi connectivity index (χ1) is 23.1. The van der Waals surface area contributed by atoms with Crippen LogP contribution in [0, 0.1) is 29.6 Å². The van der Waals surface area contributed by atoms with Gasteiger partial charge in [-0.3, -0.25) is 19.2 Å².